The highest BCUT2D eigenvalue weighted by atomic mass is 32.2. The lowest BCUT2D eigenvalue weighted by Gasteiger charge is -2.28. The van der Waals surface area contributed by atoms with E-state index < -0.39 is 5.54 Å². The second kappa shape index (κ2) is 7.56. The Labute approximate surface area is 119 Å². The zero-order chi connectivity index (χ0) is 14.3. The van der Waals surface area contributed by atoms with E-state index in [1.165, 1.54) is 0 Å². The smallest absolute Gasteiger partial charge is 0.331 e. The Morgan fingerprint density at radius 1 is 1.37 bits per heavy atom. The number of hydrogen-bond donors (Lipinski definition) is 1. The van der Waals surface area contributed by atoms with Crippen molar-refractivity contribution < 1.29 is 9.53 Å². The summed E-state index contributed by atoms with van der Waals surface area (Å²) >= 11 is 1.71. The van der Waals surface area contributed by atoms with Crippen molar-refractivity contribution in [3.05, 3.63) is 35.9 Å². The summed E-state index contributed by atoms with van der Waals surface area (Å²) in [7, 11) is 0. The minimum absolute atomic E-state index is 0.346. The van der Waals surface area contributed by atoms with Crippen LogP contribution in [0.4, 0.5) is 0 Å². The van der Waals surface area contributed by atoms with E-state index in [4.69, 9.17) is 10.5 Å². The van der Waals surface area contributed by atoms with Crippen LogP contribution in [0.5, 0.6) is 0 Å². The molecule has 0 aliphatic heterocycles. The van der Waals surface area contributed by atoms with Gasteiger partial charge in [0.1, 0.15) is 5.54 Å². The standard InChI is InChI=1S/C15H23NO2S/c1-4-12(3)19-11-15(16,14(17)18-5-2)13-9-7-6-8-10-13/h6-10,12H,4-5,11,16H2,1-3H3. The molecular weight excluding hydrogens is 258 g/mol. The highest BCUT2D eigenvalue weighted by molar-refractivity contribution is 7.99. The van der Waals surface area contributed by atoms with Gasteiger partial charge in [-0.15, -0.1) is 0 Å². The number of hydrogen-bond acceptors (Lipinski definition) is 4. The van der Waals surface area contributed by atoms with E-state index in [2.05, 4.69) is 13.8 Å². The number of nitrogens with two attached hydrogens (primary N) is 1. The lowest BCUT2D eigenvalue weighted by molar-refractivity contribution is -0.149. The summed E-state index contributed by atoms with van der Waals surface area (Å²) in [5, 5.41) is 0.473. The van der Waals surface area contributed by atoms with Gasteiger partial charge in [-0.1, -0.05) is 44.2 Å². The van der Waals surface area contributed by atoms with Crippen LogP contribution in [0, 0.1) is 0 Å². The van der Waals surface area contributed by atoms with Crippen molar-refractivity contribution >= 4 is 17.7 Å². The molecule has 0 heterocycles. The van der Waals surface area contributed by atoms with Gasteiger partial charge in [0.15, 0.2) is 0 Å². The van der Waals surface area contributed by atoms with Crippen molar-refractivity contribution in [3.8, 4) is 0 Å². The summed E-state index contributed by atoms with van der Waals surface area (Å²) in [4.78, 5) is 12.2. The molecule has 0 amide bonds. The zero-order valence-electron chi connectivity index (χ0n) is 11.9. The predicted molar refractivity (Wildman–Crippen MR) is 81.2 cm³/mol. The zero-order valence-corrected chi connectivity index (χ0v) is 12.7. The molecule has 0 saturated heterocycles. The summed E-state index contributed by atoms with van der Waals surface area (Å²) in [5.74, 6) is 0.183. The largest absolute Gasteiger partial charge is 0.464 e. The summed E-state index contributed by atoms with van der Waals surface area (Å²) in [6.45, 7) is 6.41. The first-order chi connectivity index (χ1) is 9.04. The molecule has 2 N–H and O–H groups in total. The monoisotopic (exact) mass is 281 g/mol. The van der Waals surface area contributed by atoms with Crippen molar-refractivity contribution in [2.45, 2.75) is 38.0 Å². The lowest BCUT2D eigenvalue weighted by atomic mass is 9.93. The highest BCUT2D eigenvalue weighted by Gasteiger charge is 2.37. The van der Waals surface area contributed by atoms with Crippen molar-refractivity contribution in [2.75, 3.05) is 12.4 Å². The van der Waals surface area contributed by atoms with Gasteiger partial charge in [0, 0.05) is 11.0 Å². The van der Waals surface area contributed by atoms with Crippen LogP contribution in [0.25, 0.3) is 0 Å². The van der Waals surface area contributed by atoms with Gasteiger partial charge in [-0.05, 0) is 18.9 Å². The van der Waals surface area contributed by atoms with Crippen LogP contribution in [0.2, 0.25) is 0 Å². The first-order valence-electron chi connectivity index (χ1n) is 6.67. The van der Waals surface area contributed by atoms with Gasteiger partial charge in [0.2, 0.25) is 0 Å². The van der Waals surface area contributed by atoms with E-state index in [0.29, 0.717) is 17.6 Å². The van der Waals surface area contributed by atoms with E-state index in [-0.39, 0.29) is 5.97 Å². The lowest BCUT2D eigenvalue weighted by Crippen LogP contribution is -2.48. The molecule has 0 spiro atoms. The maximum absolute atomic E-state index is 12.2. The van der Waals surface area contributed by atoms with E-state index >= 15 is 0 Å². The first kappa shape index (κ1) is 16.1. The molecule has 0 bridgehead atoms. The molecule has 0 saturated carbocycles. The number of ether oxygens (including phenoxy) is 1. The summed E-state index contributed by atoms with van der Waals surface area (Å²) < 4.78 is 5.15. The molecule has 0 aromatic heterocycles. The normalized spacial score (nSPS) is 15.6. The van der Waals surface area contributed by atoms with Crippen LogP contribution in [-0.2, 0) is 15.1 Å². The Hall–Kier alpha value is -1.00. The van der Waals surface area contributed by atoms with Crippen LogP contribution >= 0.6 is 11.8 Å². The molecule has 3 nitrogen and oxygen atoms in total. The van der Waals surface area contributed by atoms with Crippen LogP contribution in [0.3, 0.4) is 0 Å². The molecule has 4 heteroatoms. The fraction of sp³-hybridized carbons (Fsp3) is 0.533. The van der Waals surface area contributed by atoms with Crippen LogP contribution in [0.15, 0.2) is 30.3 Å². The molecule has 1 aromatic carbocycles. The topological polar surface area (TPSA) is 52.3 Å². The third-order valence-corrected chi connectivity index (χ3v) is 4.62. The third kappa shape index (κ3) is 4.25. The quantitative estimate of drug-likeness (QED) is 0.781. The predicted octanol–water partition coefficient (Wildman–Crippen LogP) is 2.94. The Bertz CT molecular complexity index is 396. The summed E-state index contributed by atoms with van der Waals surface area (Å²) in [6.07, 6.45) is 1.05. The van der Waals surface area contributed by atoms with Gasteiger partial charge in [0.05, 0.1) is 6.61 Å². The number of carbonyl (C=O) groups excluding carboxylic acids is 1. The fourth-order valence-electron chi connectivity index (χ4n) is 1.65. The first-order valence-corrected chi connectivity index (χ1v) is 7.72. The van der Waals surface area contributed by atoms with Crippen molar-refractivity contribution in [2.24, 2.45) is 5.73 Å². The third-order valence-electron chi connectivity index (χ3n) is 3.10. The number of rotatable bonds is 7. The highest BCUT2D eigenvalue weighted by Crippen LogP contribution is 2.27. The average Bonchev–Trinajstić information content (AvgIpc) is 2.45. The number of esters is 1. The van der Waals surface area contributed by atoms with Gasteiger partial charge in [-0.3, -0.25) is 0 Å². The molecule has 0 fully saturated rings. The second-order valence-electron chi connectivity index (χ2n) is 4.59. The molecule has 0 aliphatic carbocycles. The number of carbonyl (C=O) groups is 1. The molecular formula is C15H23NO2S. The van der Waals surface area contributed by atoms with Crippen molar-refractivity contribution in [1.82, 2.24) is 0 Å². The Morgan fingerprint density at radius 3 is 2.53 bits per heavy atom. The molecule has 1 rings (SSSR count). The fourth-order valence-corrected chi connectivity index (χ4v) is 2.71. The summed E-state index contributed by atoms with van der Waals surface area (Å²) in [6, 6.07) is 9.47. The van der Waals surface area contributed by atoms with Gasteiger partial charge in [-0.2, -0.15) is 11.8 Å². The minimum Gasteiger partial charge on any atom is -0.464 e. The molecule has 2 atom stereocenters. The SMILES string of the molecule is CCOC(=O)C(N)(CSC(C)CC)c1ccccc1. The average molecular weight is 281 g/mol. The molecule has 2 unspecified atom stereocenters. The molecule has 0 aliphatic rings. The molecule has 19 heavy (non-hydrogen) atoms. The van der Waals surface area contributed by atoms with Gasteiger partial charge in [-0.25, -0.2) is 4.79 Å². The van der Waals surface area contributed by atoms with E-state index in [1.54, 1.807) is 18.7 Å². The molecule has 0 radical (unpaired) electrons. The van der Waals surface area contributed by atoms with Crippen LogP contribution in [0.1, 0.15) is 32.8 Å². The van der Waals surface area contributed by atoms with Crippen molar-refractivity contribution in [1.29, 1.82) is 0 Å². The number of benzene rings is 1. The van der Waals surface area contributed by atoms with Crippen LogP contribution in [-0.4, -0.2) is 23.6 Å². The maximum atomic E-state index is 12.2. The summed E-state index contributed by atoms with van der Waals surface area (Å²) in [5.41, 5.74) is 6.10. The van der Waals surface area contributed by atoms with Gasteiger partial charge in [0.25, 0.3) is 0 Å². The van der Waals surface area contributed by atoms with Gasteiger partial charge < -0.3 is 10.5 Å². The van der Waals surface area contributed by atoms with E-state index in [1.807, 2.05) is 30.3 Å². The Kier molecular flexibility index (Phi) is 6.38. The Morgan fingerprint density at radius 2 is 2.00 bits per heavy atom. The maximum Gasteiger partial charge on any atom is 0.331 e. The molecule has 106 valence electrons. The Balaban J connectivity index is 2.93. The van der Waals surface area contributed by atoms with Gasteiger partial charge >= 0.3 is 5.97 Å². The second-order valence-corrected chi connectivity index (χ2v) is 6.01. The minimum atomic E-state index is -1.06. The van der Waals surface area contributed by atoms with Crippen molar-refractivity contribution in [3.63, 3.8) is 0 Å². The van der Waals surface area contributed by atoms with E-state index in [9.17, 15) is 4.79 Å². The number of thioether (sulfide) groups is 1. The van der Waals surface area contributed by atoms with E-state index in [0.717, 1.165) is 12.0 Å². The molecule has 1 aromatic rings. The van der Waals surface area contributed by atoms with Crippen LogP contribution < -0.4 is 5.73 Å².